The molecule has 1 aromatic carbocycles. The number of Topliss-reactive ketones (excluding diaryl/α,β-unsaturated/α-hetero) is 2. The van der Waals surface area contributed by atoms with Gasteiger partial charge in [-0.2, -0.15) is 0 Å². The Kier molecular flexibility index (Phi) is 4.58. The Hall–Kier alpha value is -2.07. The van der Waals surface area contributed by atoms with Crippen LogP contribution in [0.5, 0.6) is 0 Å². The maximum Gasteiger partial charge on any atom is 0.183 e. The molecule has 2 rings (SSSR count). The number of nitrogens with zero attached hydrogens (tertiary/aromatic N) is 1. The van der Waals surface area contributed by atoms with E-state index in [-0.39, 0.29) is 40.7 Å². The van der Waals surface area contributed by atoms with Crippen molar-refractivity contribution in [2.75, 3.05) is 0 Å². The lowest BCUT2D eigenvalue weighted by Crippen LogP contribution is -2.07. The predicted molar refractivity (Wildman–Crippen MR) is 73.5 cm³/mol. The van der Waals surface area contributed by atoms with E-state index in [4.69, 9.17) is 11.6 Å². The molecule has 5 heteroatoms. The summed E-state index contributed by atoms with van der Waals surface area (Å²) in [6.07, 6.45) is 1.45. The number of carbonyl (C=O) groups excluding carboxylic acids is 2. The number of hydrogen-bond donors (Lipinski definition) is 0. The van der Waals surface area contributed by atoms with E-state index in [9.17, 15) is 14.0 Å². The summed E-state index contributed by atoms with van der Waals surface area (Å²) in [6, 6.07) is 8.58. The monoisotopic (exact) mass is 291 g/mol. The molecule has 0 aliphatic carbocycles. The van der Waals surface area contributed by atoms with Crippen LogP contribution in [0.25, 0.3) is 0 Å². The minimum absolute atomic E-state index is 0.00477. The number of pyridine rings is 1. The van der Waals surface area contributed by atoms with Gasteiger partial charge in [0.15, 0.2) is 11.6 Å². The topological polar surface area (TPSA) is 47.0 Å². The lowest BCUT2D eigenvalue weighted by atomic mass is 10.0. The molecule has 0 spiro atoms. The highest BCUT2D eigenvalue weighted by Crippen LogP contribution is 2.16. The lowest BCUT2D eigenvalue weighted by Gasteiger charge is -2.02. The number of hydrogen-bond acceptors (Lipinski definition) is 3. The van der Waals surface area contributed by atoms with Gasteiger partial charge in [0, 0.05) is 24.6 Å². The first-order valence-electron chi connectivity index (χ1n) is 6.00. The minimum Gasteiger partial charge on any atom is -0.294 e. The fourth-order valence-corrected chi connectivity index (χ4v) is 1.97. The van der Waals surface area contributed by atoms with Gasteiger partial charge in [0.25, 0.3) is 0 Å². The fourth-order valence-electron chi connectivity index (χ4n) is 1.74. The summed E-state index contributed by atoms with van der Waals surface area (Å²) in [5.41, 5.74) is 0.408. The first-order valence-corrected chi connectivity index (χ1v) is 6.38. The third-order valence-corrected chi connectivity index (χ3v) is 3.05. The highest BCUT2D eigenvalue weighted by atomic mass is 35.5. The maximum atomic E-state index is 13.0. The molecule has 0 aliphatic heterocycles. The molecule has 1 aromatic heterocycles. The van der Waals surface area contributed by atoms with Crippen molar-refractivity contribution in [1.82, 2.24) is 4.98 Å². The average molecular weight is 292 g/mol. The van der Waals surface area contributed by atoms with Crippen molar-refractivity contribution in [3.05, 3.63) is 64.7 Å². The van der Waals surface area contributed by atoms with Crippen LogP contribution in [0.4, 0.5) is 4.39 Å². The number of ketones is 2. The van der Waals surface area contributed by atoms with E-state index >= 15 is 0 Å². The lowest BCUT2D eigenvalue weighted by molar-refractivity contribution is 0.0915. The second-order valence-corrected chi connectivity index (χ2v) is 4.60. The van der Waals surface area contributed by atoms with Crippen molar-refractivity contribution in [1.29, 1.82) is 0 Å². The minimum atomic E-state index is -0.477. The number of rotatable bonds is 5. The molecule has 0 amide bonds. The molecule has 0 aliphatic rings. The van der Waals surface area contributed by atoms with Crippen molar-refractivity contribution < 1.29 is 14.0 Å². The molecular formula is C15H11ClFNO2. The van der Waals surface area contributed by atoms with Gasteiger partial charge >= 0.3 is 0 Å². The normalized spacial score (nSPS) is 10.3. The van der Waals surface area contributed by atoms with E-state index in [1.807, 2.05) is 0 Å². The molecule has 0 bridgehead atoms. The van der Waals surface area contributed by atoms with Gasteiger partial charge in [0.2, 0.25) is 0 Å². The van der Waals surface area contributed by atoms with E-state index < -0.39 is 5.82 Å². The van der Waals surface area contributed by atoms with Crippen LogP contribution in [0.1, 0.15) is 33.7 Å². The zero-order valence-electron chi connectivity index (χ0n) is 10.5. The molecule has 0 fully saturated rings. The zero-order chi connectivity index (χ0) is 14.5. The van der Waals surface area contributed by atoms with Crippen molar-refractivity contribution >= 4 is 23.2 Å². The second-order valence-electron chi connectivity index (χ2n) is 4.19. The van der Waals surface area contributed by atoms with Gasteiger partial charge in [-0.25, -0.2) is 4.39 Å². The van der Waals surface area contributed by atoms with Gasteiger partial charge in [-0.15, -0.1) is 0 Å². The van der Waals surface area contributed by atoms with E-state index in [1.54, 1.807) is 12.1 Å². The van der Waals surface area contributed by atoms with Crippen LogP contribution in [0.3, 0.4) is 0 Å². The Morgan fingerprint density at radius 3 is 2.55 bits per heavy atom. The molecule has 0 atom stereocenters. The molecule has 0 N–H and O–H groups in total. The maximum absolute atomic E-state index is 13.0. The molecule has 0 saturated heterocycles. The fraction of sp³-hybridized carbons (Fsp3) is 0.133. The summed E-state index contributed by atoms with van der Waals surface area (Å²) in [5.74, 6) is -1.07. The number of halogens is 2. The van der Waals surface area contributed by atoms with Gasteiger partial charge in [-0.1, -0.05) is 23.7 Å². The van der Waals surface area contributed by atoms with Crippen LogP contribution >= 0.6 is 11.6 Å². The standard InChI is InChI=1S/C15H11ClFNO2/c16-12-5-2-8-18-15(12)14(20)7-6-13(19)10-3-1-4-11(17)9-10/h1-5,8-9H,6-7H2. The van der Waals surface area contributed by atoms with Crippen molar-refractivity contribution in [2.24, 2.45) is 0 Å². The van der Waals surface area contributed by atoms with Crippen LogP contribution in [-0.2, 0) is 0 Å². The first-order chi connectivity index (χ1) is 9.58. The van der Waals surface area contributed by atoms with E-state index in [0.717, 1.165) is 6.07 Å². The molecule has 2 aromatic rings. The molecule has 1 heterocycles. The van der Waals surface area contributed by atoms with Gasteiger partial charge in [-0.3, -0.25) is 14.6 Å². The van der Waals surface area contributed by atoms with E-state index in [2.05, 4.69) is 4.98 Å². The summed E-state index contributed by atoms with van der Waals surface area (Å²) in [6.45, 7) is 0. The second kappa shape index (κ2) is 6.39. The van der Waals surface area contributed by atoms with Gasteiger partial charge in [0.1, 0.15) is 11.5 Å². The predicted octanol–water partition coefficient (Wildman–Crippen LogP) is 3.72. The number of benzene rings is 1. The largest absolute Gasteiger partial charge is 0.294 e. The van der Waals surface area contributed by atoms with Gasteiger partial charge in [0.05, 0.1) is 5.02 Å². The Balaban J connectivity index is 2.01. The number of carbonyl (C=O) groups is 2. The summed E-state index contributed by atoms with van der Waals surface area (Å²) in [5, 5.41) is 0.260. The van der Waals surface area contributed by atoms with Crippen molar-refractivity contribution in [3.8, 4) is 0 Å². The van der Waals surface area contributed by atoms with Gasteiger partial charge in [-0.05, 0) is 24.3 Å². The summed E-state index contributed by atoms with van der Waals surface area (Å²) < 4.78 is 13.0. The average Bonchev–Trinajstić information content (AvgIpc) is 2.45. The highest BCUT2D eigenvalue weighted by Gasteiger charge is 2.14. The van der Waals surface area contributed by atoms with Crippen LogP contribution in [0.2, 0.25) is 5.02 Å². The molecule has 20 heavy (non-hydrogen) atoms. The third-order valence-electron chi connectivity index (χ3n) is 2.75. The Morgan fingerprint density at radius 2 is 1.85 bits per heavy atom. The Bertz CT molecular complexity index is 658. The first kappa shape index (κ1) is 14.3. The molecular weight excluding hydrogens is 281 g/mol. The Labute approximate surface area is 120 Å². The van der Waals surface area contributed by atoms with Crippen LogP contribution in [0.15, 0.2) is 42.6 Å². The Morgan fingerprint density at radius 1 is 1.10 bits per heavy atom. The smallest absolute Gasteiger partial charge is 0.183 e. The highest BCUT2D eigenvalue weighted by molar-refractivity contribution is 6.33. The molecule has 0 saturated carbocycles. The SMILES string of the molecule is O=C(CCC(=O)c1ncccc1Cl)c1cccc(F)c1. The van der Waals surface area contributed by atoms with Crippen molar-refractivity contribution in [3.63, 3.8) is 0 Å². The molecule has 0 unspecified atom stereocenters. The van der Waals surface area contributed by atoms with Crippen molar-refractivity contribution in [2.45, 2.75) is 12.8 Å². The molecule has 0 radical (unpaired) electrons. The van der Waals surface area contributed by atoms with Crippen LogP contribution < -0.4 is 0 Å². The van der Waals surface area contributed by atoms with Crippen LogP contribution in [0, 0.1) is 5.82 Å². The van der Waals surface area contributed by atoms with Crippen LogP contribution in [-0.4, -0.2) is 16.6 Å². The zero-order valence-corrected chi connectivity index (χ0v) is 11.2. The summed E-state index contributed by atoms with van der Waals surface area (Å²) >= 11 is 5.85. The quantitative estimate of drug-likeness (QED) is 0.789. The number of aromatic nitrogens is 1. The van der Waals surface area contributed by atoms with E-state index in [0.29, 0.717) is 0 Å². The van der Waals surface area contributed by atoms with E-state index in [1.165, 1.54) is 24.4 Å². The summed E-state index contributed by atoms with van der Waals surface area (Å²) in [4.78, 5) is 27.6. The molecule has 3 nitrogen and oxygen atoms in total. The van der Waals surface area contributed by atoms with Gasteiger partial charge < -0.3 is 0 Å². The third kappa shape index (κ3) is 3.48. The molecule has 102 valence electrons. The summed E-state index contributed by atoms with van der Waals surface area (Å²) in [7, 11) is 0.